The minimum atomic E-state index is -0.366. The van der Waals surface area contributed by atoms with E-state index in [9.17, 15) is 9.59 Å². The fourth-order valence-corrected chi connectivity index (χ4v) is 2.71. The van der Waals surface area contributed by atoms with E-state index in [2.05, 4.69) is 20.9 Å². The van der Waals surface area contributed by atoms with Crippen molar-refractivity contribution in [2.75, 3.05) is 30.4 Å². The lowest BCUT2D eigenvalue weighted by atomic mass is 10.1. The van der Waals surface area contributed by atoms with Gasteiger partial charge in [-0.15, -0.1) is 0 Å². The molecule has 3 rings (SSSR count). The van der Waals surface area contributed by atoms with Crippen LogP contribution in [0.5, 0.6) is 0 Å². The largest absolute Gasteiger partial charge is 0.378 e. The summed E-state index contributed by atoms with van der Waals surface area (Å²) in [4.78, 5) is 28.8. The number of nitrogens with zero attached hydrogens (tertiary/aromatic N) is 1. The van der Waals surface area contributed by atoms with Gasteiger partial charge in [-0.3, -0.25) is 9.59 Å². The van der Waals surface area contributed by atoms with Gasteiger partial charge in [0.2, 0.25) is 5.91 Å². The zero-order valence-electron chi connectivity index (χ0n) is 14.0. The van der Waals surface area contributed by atoms with E-state index < -0.39 is 0 Å². The summed E-state index contributed by atoms with van der Waals surface area (Å²) in [6.07, 6.45) is 1.72. The first kappa shape index (κ1) is 18.3. The molecule has 1 unspecified atom stereocenters. The number of carbonyl (C=O) groups is 2. The molecule has 2 aromatic rings. The number of benzene rings is 1. The van der Waals surface area contributed by atoms with Gasteiger partial charge in [-0.05, 0) is 24.3 Å². The summed E-state index contributed by atoms with van der Waals surface area (Å²) in [5.74, 6) is -0.170. The topological polar surface area (TPSA) is 92.4 Å². The number of rotatable bonds is 5. The van der Waals surface area contributed by atoms with Gasteiger partial charge in [-0.1, -0.05) is 23.7 Å². The first-order valence-corrected chi connectivity index (χ1v) is 8.62. The van der Waals surface area contributed by atoms with E-state index >= 15 is 0 Å². The number of halogens is 1. The number of hydrogen-bond acceptors (Lipinski definition) is 5. The third-order valence-electron chi connectivity index (χ3n) is 3.85. The maximum atomic E-state index is 12.5. The molecule has 1 saturated heterocycles. The molecule has 136 valence electrons. The van der Waals surface area contributed by atoms with Gasteiger partial charge in [0.15, 0.2) is 0 Å². The predicted octanol–water partition coefficient (Wildman–Crippen LogP) is 2.30. The van der Waals surface area contributed by atoms with Crippen molar-refractivity contribution in [2.24, 2.45) is 0 Å². The SMILES string of the molecule is O=C(CC1COCCN1)Nc1ccccc1C(=O)Nc1ccc(Cl)cn1. The summed E-state index contributed by atoms with van der Waals surface area (Å²) >= 11 is 5.79. The van der Waals surface area contributed by atoms with Crippen LogP contribution >= 0.6 is 11.6 Å². The highest BCUT2D eigenvalue weighted by Crippen LogP contribution is 2.18. The molecule has 2 heterocycles. The fraction of sp³-hybridized carbons (Fsp3) is 0.278. The van der Waals surface area contributed by atoms with Crippen LogP contribution in [0.3, 0.4) is 0 Å². The van der Waals surface area contributed by atoms with Crippen LogP contribution in [0.1, 0.15) is 16.8 Å². The number of pyridine rings is 1. The summed E-state index contributed by atoms with van der Waals surface area (Å²) in [7, 11) is 0. The van der Waals surface area contributed by atoms with Gasteiger partial charge in [0.25, 0.3) is 5.91 Å². The third kappa shape index (κ3) is 5.01. The van der Waals surface area contributed by atoms with Crippen molar-refractivity contribution in [3.8, 4) is 0 Å². The molecule has 1 fully saturated rings. The summed E-state index contributed by atoms with van der Waals surface area (Å²) in [5.41, 5.74) is 0.797. The third-order valence-corrected chi connectivity index (χ3v) is 4.07. The monoisotopic (exact) mass is 374 g/mol. The first-order valence-electron chi connectivity index (χ1n) is 8.25. The first-order chi connectivity index (χ1) is 12.6. The number of ether oxygens (including phenoxy) is 1. The Morgan fingerprint density at radius 2 is 2.08 bits per heavy atom. The summed E-state index contributed by atoms with van der Waals surface area (Å²) < 4.78 is 5.35. The fourth-order valence-electron chi connectivity index (χ4n) is 2.60. The maximum Gasteiger partial charge on any atom is 0.258 e. The molecule has 1 aliphatic rings. The molecule has 7 nitrogen and oxygen atoms in total. The van der Waals surface area contributed by atoms with E-state index in [4.69, 9.17) is 16.3 Å². The van der Waals surface area contributed by atoms with Crippen LogP contribution in [0, 0.1) is 0 Å². The van der Waals surface area contributed by atoms with Crippen LogP contribution in [0.15, 0.2) is 42.6 Å². The van der Waals surface area contributed by atoms with Crippen molar-refractivity contribution >= 4 is 34.9 Å². The zero-order valence-corrected chi connectivity index (χ0v) is 14.8. The molecule has 0 saturated carbocycles. The lowest BCUT2D eigenvalue weighted by molar-refractivity contribution is -0.117. The Morgan fingerprint density at radius 3 is 2.81 bits per heavy atom. The Morgan fingerprint density at radius 1 is 1.23 bits per heavy atom. The summed E-state index contributed by atoms with van der Waals surface area (Å²) in [5, 5.41) is 9.19. The van der Waals surface area contributed by atoms with Crippen molar-refractivity contribution < 1.29 is 14.3 Å². The van der Waals surface area contributed by atoms with Gasteiger partial charge in [0.05, 0.1) is 29.5 Å². The number of aromatic nitrogens is 1. The number of hydrogen-bond donors (Lipinski definition) is 3. The van der Waals surface area contributed by atoms with Crippen LogP contribution in [-0.2, 0) is 9.53 Å². The lowest BCUT2D eigenvalue weighted by Gasteiger charge is -2.23. The smallest absolute Gasteiger partial charge is 0.258 e. The Bertz CT molecular complexity index is 776. The van der Waals surface area contributed by atoms with Crippen molar-refractivity contribution in [1.82, 2.24) is 10.3 Å². The Labute approximate surface area is 156 Å². The molecule has 8 heteroatoms. The van der Waals surface area contributed by atoms with Crippen LogP contribution in [0.2, 0.25) is 5.02 Å². The summed E-state index contributed by atoms with van der Waals surface area (Å²) in [6, 6.07) is 10.0. The van der Waals surface area contributed by atoms with Crippen LogP contribution in [0.4, 0.5) is 11.5 Å². The van der Waals surface area contributed by atoms with Gasteiger partial charge in [0, 0.05) is 25.2 Å². The lowest BCUT2D eigenvalue weighted by Crippen LogP contribution is -2.43. The van der Waals surface area contributed by atoms with Crippen molar-refractivity contribution in [3.05, 3.63) is 53.2 Å². The molecule has 0 radical (unpaired) electrons. The van der Waals surface area contributed by atoms with Gasteiger partial charge < -0.3 is 20.7 Å². The highest BCUT2D eigenvalue weighted by Gasteiger charge is 2.19. The highest BCUT2D eigenvalue weighted by molar-refractivity contribution is 6.30. The quantitative estimate of drug-likeness (QED) is 0.746. The Kier molecular flexibility index (Phi) is 6.17. The molecule has 0 spiro atoms. The zero-order chi connectivity index (χ0) is 18.4. The molecule has 1 atom stereocenters. The number of anilines is 2. The van der Waals surface area contributed by atoms with Gasteiger partial charge in [0.1, 0.15) is 5.82 Å². The predicted molar refractivity (Wildman–Crippen MR) is 99.5 cm³/mol. The van der Waals surface area contributed by atoms with E-state index in [1.165, 1.54) is 6.20 Å². The van der Waals surface area contributed by atoms with Crippen molar-refractivity contribution in [1.29, 1.82) is 0 Å². The minimum Gasteiger partial charge on any atom is -0.378 e. The molecule has 2 amide bonds. The van der Waals surface area contributed by atoms with Gasteiger partial charge in [-0.25, -0.2) is 4.98 Å². The van der Waals surface area contributed by atoms with Crippen molar-refractivity contribution in [3.63, 3.8) is 0 Å². The van der Waals surface area contributed by atoms with E-state index in [1.54, 1.807) is 36.4 Å². The van der Waals surface area contributed by atoms with Crippen LogP contribution in [0.25, 0.3) is 0 Å². The highest BCUT2D eigenvalue weighted by atomic mass is 35.5. The molecule has 1 aromatic heterocycles. The molecule has 3 N–H and O–H groups in total. The molecule has 1 aliphatic heterocycles. The van der Waals surface area contributed by atoms with Crippen molar-refractivity contribution in [2.45, 2.75) is 12.5 Å². The van der Waals surface area contributed by atoms with Gasteiger partial charge in [-0.2, -0.15) is 0 Å². The second-order valence-electron chi connectivity index (χ2n) is 5.84. The van der Waals surface area contributed by atoms with Gasteiger partial charge >= 0.3 is 0 Å². The number of carbonyl (C=O) groups excluding carboxylic acids is 2. The van der Waals surface area contributed by atoms with E-state index in [1.807, 2.05) is 0 Å². The average molecular weight is 375 g/mol. The number of morpholine rings is 1. The van der Waals surface area contributed by atoms with Crippen LogP contribution < -0.4 is 16.0 Å². The second-order valence-corrected chi connectivity index (χ2v) is 6.28. The number of para-hydroxylation sites is 1. The van der Waals surface area contributed by atoms with E-state index in [0.717, 1.165) is 6.54 Å². The molecule has 0 bridgehead atoms. The number of amides is 2. The molecular formula is C18H19ClN4O3. The van der Waals surface area contributed by atoms with Crippen LogP contribution in [-0.4, -0.2) is 42.6 Å². The molecule has 26 heavy (non-hydrogen) atoms. The molecular weight excluding hydrogens is 356 g/mol. The van der Waals surface area contributed by atoms with E-state index in [0.29, 0.717) is 35.3 Å². The number of nitrogens with one attached hydrogen (secondary N) is 3. The minimum absolute atomic E-state index is 0.0250. The maximum absolute atomic E-state index is 12.5. The van der Waals surface area contributed by atoms with E-state index in [-0.39, 0.29) is 24.3 Å². The Hall–Kier alpha value is -2.48. The Balaban J connectivity index is 1.65. The summed E-state index contributed by atoms with van der Waals surface area (Å²) in [6.45, 7) is 1.88. The molecule has 1 aromatic carbocycles. The molecule has 0 aliphatic carbocycles. The standard InChI is InChI=1S/C18H19ClN4O3/c19-12-5-6-16(21-10-12)23-18(25)14-3-1-2-4-15(14)22-17(24)9-13-11-26-8-7-20-13/h1-6,10,13,20H,7-9,11H2,(H,22,24)(H,21,23,25). The normalized spacial score (nSPS) is 16.7. The average Bonchev–Trinajstić information content (AvgIpc) is 2.65. The second kappa shape index (κ2) is 8.75.